The van der Waals surface area contributed by atoms with Crippen molar-refractivity contribution in [2.75, 3.05) is 11.9 Å². The molecule has 204 valence electrons. The van der Waals surface area contributed by atoms with E-state index < -0.39 is 35.5 Å². The van der Waals surface area contributed by atoms with Crippen molar-refractivity contribution in [3.8, 4) is 22.7 Å². The van der Waals surface area contributed by atoms with E-state index in [9.17, 15) is 32.7 Å². The number of carbonyl (C=O) groups is 3. The molecule has 2 amide bonds. The van der Waals surface area contributed by atoms with Gasteiger partial charge in [-0.15, -0.1) is 0 Å². The Bertz CT molecular complexity index is 1550. The second-order valence-corrected chi connectivity index (χ2v) is 9.02. The number of hydrogen-bond acceptors (Lipinski definition) is 6. The Balaban J connectivity index is 1.30. The molecular weight excluding hydrogens is 529 g/mol. The number of hydrogen-bond donors (Lipinski definition) is 2. The number of alkyl halides is 3. The molecule has 2 aromatic carbocycles. The average Bonchev–Trinajstić information content (AvgIpc) is 3.62. The lowest BCUT2D eigenvalue weighted by molar-refractivity contribution is -0.153. The molecular formula is C28H21F3N4O5. The number of rotatable bonds is 6. The zero-order chi connectivity index (χ0) is 28.4. The van der Waals surface area contributed by atoms with E-state index in [0.717, 1.165) is 0 Å². The summed E-state index contributed by atoms with van der Waals surface area (Å²) in [5.41, 5.74) is 0.960. The van der Waals surface area contributed by atoms with E-state index in [1.54, 1.807) is 48.5 Å². The summed E-state index contributed by atoms with van der Waals surface area (Å²) in [4.78, 5) is 46.3. The molecule has 1 aliphatic heterocycles. The van der Waals surface area contributed by atoms with E-state index >= 15 is 0 Å². The Morgan fingerprint density at radius 2 is 1.70 bits per heavy atom. The van der Waals surface area contributed by atoms with Gasteiger partial charge in [0.05, 0.1) is 17.6 Å². The number of amides is 2. The molecule has 2 N–H and O–H groups in total. The minimum absolute atomic E-state index is 0.131. The van der Waals surface area contributed by atoms with Crippen LogP contribution in [0.3, 0.4) is 0 Å². The summed E-state index contributed by atoms with van der Waals surface area (Å²) in [5.74, 6) is -4.36. The van der Waals surface area contributed by atoms with Crippen LogP contribution in [0.4, 0.5) is 18.9 Å². The lowest BCUT2D eigenvalue weighted by Crippen LogP contribution is -2.40. The molecule has 4 aromatic rings. The van der Waals surface area contributed by atoms with Crippen molar-refractivity contribution in [2.24, 2.45) is 0 Å². The van der Waals surface area contributed by atoms with Crippen LogP contribution in [0.5, 0.6) is 0 Å². The number of benzene rings is 2. The topological polar surface area (TPSA) is 126 Å². The lowest BCUT2D eigenvalue weighted by Gasteiger charge is -2.21. The Kier molecular flexibility index (Phi) is 7.07. The third-order valence-electron chi connectivity index (χ3n) is 6.37. The van der Waals surface area contributed by atoms with E-state index in [4.69, 9.17) is 4.42 Å². The normalized spacial score (nSPS) is 15.2. The van der Waals surface area contributed by atoms with Crippen molar-refractivity contribution in [3.63, 3.8) is 0 Å². The number of oxazole rings is 1. The molecule has 1 saturated heterocycles. The summed E-state index contributed by atoms with van der Waals surface area (Å²) in [6.07, 6.45) is -2.63. The summed E-state index contributed by atoms with van der Waals surface area (Å²) >= 11 is 0. The second-order valence-electron chi connectivity index (χ2n) is 9.02. The first-order valence-corrected chi connectivity index (χ1v) is 12.2. The van der Waals surface area contributed by atoms with Gasteiger partial charge in [-0.2, -0.15) is 13.2 Å². The predicted octanol–water partition coefficient (Wildman–Crippen LogP) is 5.36. The summed E-state index contributed by atoms with van der Waals surface area (Å²) in [5, 5.41) is 11.7. The maximum atomic E-state index is 13.6. The van der Waals surface area contributed by atoms with Crippen LogP contribution in [0.1, 0.15) is 39.4 Å². The van der Waals surface area contributed by atoms with Gasteiger partial charge in [-0.05, 0) is 49.2 Å². The van der Waals surface area contributed by atoms with Crippen LogP contribution in [0.15, 0.2) is 77.3 Å². The summed E-state index contributed by atoms with van der Waals surface area (Å²) in [6.45, 7) is 0.374. The monoisotopic (exact) mass is 550 g/mol. The van der Waals surface area contributed by atoms with Crippen molar-refractivity contribution in [1.29, 1.82) is 0 Å². The van der Waals surface area contributed by atoms with Crippen molar-refractivity contribution in [1.82, 2.24) is 14.9 Å². The molecule has 0 unspecified atom stereocenters. The Morgan fingerprint density at radius 1 is 0.975 bits per heavy atom. The fourth-order valence-electron chi connectivity index (χ4n) is 4.42. The van der Waals surface area contributed by atoms with Gasteiger partial charge in [0.15, 0.2) is 5.69 Å². The summed E-state index contributed by atoms with van der Waals surface area (Å²) < 4.78 is 45.6. The van der Waals surface area contributed by atoms with Crippen LogP contribution in [0.2, 0.25) is 0 Å². The molecule has 0 spiro atoms. The first-order valence-electron chi connectivity index (χ1n) is 12.2. The molecule has 1 fully saturated rings. The van der Waals surface area contributed by atoms with Crippen LogP contribution >= 0.6 is 0 Å². The third kappa shape index (κ3) is 5.41. The Hall–Kier alpha value is -5.00. The molecule has 3 heterocycles. The first-order chi connectivity index (χ1) is 19.1. The number of nitrogens with one attached hydrogen (secondary N) is 1. The van der Waals surface area contributed by atoms with Crippen molar-refractivity contribution >= 4 is 23.5 Å². The van der Waals surface area contributed by atoms with Gasteiger partial charge >= 0.3 is 12.1 Å². The van der Waals surface area contributed by atoms with E-state index in [2.05, 4.69) is 15.3 Å². The number of aliphatic carboxylic acids is 1. The maximum absolute atomic E-state index is 13.6. The Labute approximate surface area is 225 Å². The number of aromatic nitrogens is 2. The highest BCUT2D eigenvalue weighted by Crippen LogP contribution is 2.35. The number of pyridine rings is 1. The lowest BCUT2D eigenvalue weighted by atomic mass is 10.1. The van der Waals surface area contributed by atoms with Crippen LogP contribution in [-0.4, -0.2) is 50.3 Å². The van der Waals surface area contributed by atoms with Gasteiger partial charge in [0.2, 0.25) is 11.7 Å². The third-order valence-corrected chi connectivity index (χ3v) is 6.37. The van der Waals surface area contributed by atoms with Gasteiger partial charge in [-0.3, -0.25) is 14.6 Å². The number of carboxylic acid groups (broad SMARTS) is 1. The van der Waals surface area contributed by atoms with Crippen molar-refractivity contribution in [2.45, 2.75) is 25.1 Å². The molecule has 2 aromatic heterocycles. The highest BCUT2D eigenvalue weighted by molar-refractivity contribution is 6.04. The smallest absolute Gasteiger partial charge is 0.452 e. The van der Waals surface area contributed by atoms with Crippen molar-refractivity contribution < 1.29 is 37.1 Å². The highest BCUT2D eigenvalue weighted by Gasteiger charge is 2.42. The van der Waals surface area contributed by atoms with Crippen LogP contribution < -0.4 is 5.32 Å². The van der Waals surface area contributed by atoms with Gasteiger partial charge in [-0.25, -0.2) is 9.78 Å². The molecule has 0 aliphatic carbocycles. The fraction of sp³-hybridized carbons (Fsp3) is 0.179. The number of likely N-dealkylation sites (tertiary alicyclic amines) is 1. The van der Waals surface area contributed by atoms with Crippen LogP contribution in [0.25, 0.3) is 22.7 Å². The minimum Gasteiger partial charge on any atom is -0.480 e. The average molecular weight is 550 g/mol. The molecule has 40 heavy (non-hydrogen) atoms. The molecule has 0 saturated carbocycles. The fourth-order valence-corrected chi connectivity index (χ4v) is 4.42. The van der Waals surface area contributed by atoms with Gasteiger partial charge in [0.25, 0.3) is 11.8 Å². The molecule has 5 rings (SSSR count). The molecule has 0 bridgehead atoms. The minimum atomic E-state index is -4.94. The van der Waals surface area contributed by atoms with E-state index in [1.165, 1.54) is 29.3 Å². The van der Waals surface area contributed by atoms with Gasteiger partial charge in [0, 0.05) is 23.2 Å². The maximum Gasteiger partial charge on any atom is 0.452 e. The summed E-state index contributed by atoms with van der Waals surface area (Å²) in [6, 6.07) is 16.5. The zero-order valence-corrected chi connectivity index (χ0v) is 20.7. The zero-order valence-electron chi connectivity index (χ0n) is 20.7. The molecule has 1 aliphatic rings. The number of nitrogens with zero attached hydrogens (tertiary/aromatic N) is 3. The van der Waals surface area contributed by atoms with Crippen molar-refractivity contribution in [3.05, 3.63) is 89.9 Å². The number of carbonyl (C=O) groups excluding carboxylic acids is 2. The Morgan fingerprint density at radius 3 is 2.33 bits per heavy atom. The van der Waals surface area contributed by atoms with E-state index in [-0.39, 0.29) is 23.0 Å². The number of carboxylic acids is 1. The second kappa shape index (κ2) is 10.6. The quantitative estimate of drug-likeness (QED) is 0.331. The van der Waals surface area contributed by atoms with Crippen LogP contribution in [-0.2, 0) is 11.0 Å². The van der Waals surface area contributed by atoms with E-state index in [0.29, 0.717) is 36.2 Å². The van der Waals surface area contributed by atoms with Gasteiger partial charge in [-0.1, -0.05) is 30.3 Å². The highest BCUT2D eigenvalue weighted by atomic mass is 19.4. The molecule has 0 radical (unpaired) electrons. The summed E-state index contributed by atoms with van der Waals surface area (Å²) in [7, 11) is 0. The number of anilines is 1. The van der Waals surface area contributed by atoms with Gasteiger partial charge in [0.1, 0.15) is 6.04 Å². The largest absolute Gasteiger partial charge is 0.480 e. The molecule has 9 nitrogen and oxygen atoms in total. The van der Waals surface area contributed by atoms with E-state index in [1.807, 2.05) is 0 Å². The molecule has 12 heteroatoms. The van der Waals surface area contributed by atoms with Crippen LogP contribution in [0, 0.1) is 0 Å². The predicted molar refractivity (Wildman–Crippen MR) is 136 cm³/mol. The SMILES string of the molecule is O=C(Nc1ccc(-c2ccc(C(=O)N3CCC[C@H]3C(=O)O)cc2)nc1)c1nc(-c2ccccc2)oc1C(F)(F)F. The first kappa shape index (κ1) is 26.6. The standard InChI is InChI=1S/C28H21F3N4O5/c29-28(30,31)23-22(34-25(40-23)17-5-2-1-3-6-17)24(36)33-19-12-13-20(32-15-19)16-8-10-18(11-9-16)26(37)35-14-4-7-21(35)27(38)39/h1-3,5-6,8-13,15,21H,4,7,14H2,(H,33,36)(H,38,39)/t21-/m0/s1. The van der Waals surface area contributed by atoms with Gasteiger partial charge < -0.3 is 19.7 Å². The number of halogens is 3. The molecule has 1 atom stereocenters.